The van der Waals surface area contributed by atoms with Crippen LogP contribution in [0.25, 0.3) is 0 Å². The summed E-state index contributed by atoms with van der Waals surface area (Å²) in [6.07, 6.45) is 4.38. The minimum atomic E-state index is 0.102. The summed E-state index contributed by atoms with van der Waals surface area (Å²) < 4.78 is 0.134. The molecular formula is C10H20N2OS. The van der Waals surface area contributed by atoms with Crippen molar-refractivity contribution in [3.05, 3.63) is 0 Å². The van der Waals surface area contributed by atoms with E-state index in [1.54, 1.807) is 11.8 Å². The molecule has 1 rings (SSSR count). The molecular weight excluding hydrogens is 196 g/mol. The number of thioether (sulfide) groups is 1. The number of hydrogen-bond acceptors (Lipinski definition) is 2. The van der Waals surface area contributed by atoms with Gasteiger partial charge in [0.05, 0.1) is 0 Å². The fraction of sp³-hybridized carbons (Fsp3) is 0.900. The molecule has 1 fully saturated rings. The van der Waals surface area contributed by atoms with E-state index in [0.717, 1.165) is 32.5 Å². The van der Waals surface area contributed by atoms with E-state index >= 15 is 0 Å². The molecule has 14 heavy (non-hydrogen) atoms. The van der Waals surface area contributed by atoms with Crippen LogP contribution in [-0.2, 0) is 0 Å². The first-order valence-corrected chi connectivity index (χ1v) is 6.35. The van der Waals surface area contributed by atoms with E-state index < -0.39 is 0 Å². The monoisotopic (exact) mass is 216 g/mol. The Morgan fingerprint density at radius 3 is 2.50 bits per heavy atom. The minimum Gasteiger partial charge on any atom is -0.337 e. The predicted octanol–water partition coefficient (Wildman–Crippen LogP) is 1.93. The number of likely N-dealkylation sites (tertiary alicyclic amines) is 1. The van der Waals surface area contributed by atoms with Crippen molar-refractivity contribution in [2.75, 3.05) is 25.9 Å². The van der Waals surface area contributed by atoms with Gasteiger partial charge in [0.15, 0.2) is 0 Å². The highest BCUT2D eigenvalue weighted by Crippen LogP contribution is 2.19. The maximum absolute atomic E-state index is 11.6. The quantitative estimate of drug-likeness (QED) is 0.782. The molecule has 2 amide bonds. The summed E-state index contributed by atoms with van der Waals surface area (Å²) in [6.45, 7) is 6.87. The zero-order valence-corrected chi connectivity index (χ0v) is 10.1. The maximum Gasteiger partial charge on any atom is 0.317 e. The topological polar surface area (TPSA) is 32.3 Å². The smallest absolute Gasteiger partial charge is 0.317 e. The number of carbonyl (C=O) groups excluding carboxylic acids is 1. The molecule has 0 aromatic carbocycles. The van der Waals surface area contributed by atoms with E-state index in [0.29, 0.717) is 0 Å². The molecule has 0 aromatic rings. The van der Waals surface area contributed by atoms with Gasteiger partial charge in [0.25, 0.3) is 0 Å². The van der Waals surface area contributed by atoms with Crippen LogP contribution in [0.2, 0.25) is 0 Å². The lowest BCUT2D eigenvalue weighted by Crippen LogP contribution is -2.43. The third-order valence-corrected chi connectivity index (χ3v) is 3.86. The normalized spacial score (nSPS) is 17.2. The van der Waals surface area contributed by atoms with Crippen molar-refractivity contribution in [2.45, 2.75) is 31.4 Å². The van der Waals surface area contributed by atoms with E-state index in [2.05, 4.69) is 25.4 Å². The average molecular weight is 216 g/mol. The SMILES string of the molecule is CSC(C)(C)CNC(=O)N1CCCC1. The third-order valence-electron chi connectivity index (χ3n) is 2.61. The van der Waals surface area contributed by atoms with Gasteiger partial charge in [0, 0.05) is 24.4 Å². The fourth-order valence-corrected chi connectivity index (χ4v) is 1.61. The number of rotatable bonds is 3. The van der Waals surface area contributed by atoms with Crippen LogP contribution in [0, 0.1) is 0 Å². The minimum absolute atomic E-state index is 0.102. The first kappa shape index (κ1) is 11.7. The van der Waals surface area contributed by atoms with Crippen LogP contribution in [-0.4, -0.2) is 41.6 Å². The standard InChI is InChI=1S/C10H20N2OS/c1-10(2,14-3)8-11-9(13)12-6-4-5-7-12/h4-8H2,1-3H3,(H,11,13). The Kier molecular flexibility index (Phi) is 4.11. The lowest BCUT2D eigenvalue weighted by Gasteiger charge is -2.24. The van der Waals surface area contributed by atoms with Gasteiger partial charge in [-0.3, -0.25) is 0 Å². The van der Waals surface area contributed by atoms with Gasteiger partial charge < -0.3 is 10.2 Å². The summed E-state index contributed by atoms with van der Waals surface area (Å²) in [5, 5.41) is 2.98. The molecule has 1 aliphatic heterocycles. The molecule has 0 unspecified atom stereocenters. The van der Waals surface area contributed by atoms with E-state index in [9.17, 15) is 4.79 Å². The molecule has 1 aliphatic rings. The summed E-state index contributed by atoms with van der Waals surface area (Å²) in [5.41, 5.74) is 0. The Morgan fingerprint density at radius 1 is 1.43 bits per heavy atom. The Bertz CT molecular complexity index is 200. The van der Waals surface area contributed by atoms with Crippen LogP contribution in [0.15, 0.2) is 0 Å². The molecule has 4 heteroatoms. The summed E-state index contributed by atoms with van der Waals surface area (Å²) in [7, 11) is 0. The Morgan fingerprint density at radius 2 is 2.00 bits per heavy atom. The second-order valence-electron chi connectivity index (χ2n) is 4.32. The molecule has 0 aliphatic carbocycles. The van der Waals surface area contributed by atoms with Crippen molar-refractivity contribution in [2.24, 2.45) is 0 Å². The van der Waals surface area contributed by atoms with Gasteiger partial charge in [-0.25, -0.2) is 4.79 Å². The Balaban J connectivity index is 2.27. The van der Waals surface area contributed by atoms with Crippen molar-refractivity contribution in [1.82, 2.24) is 10.2 Å². The highest BCUT2D eigenvalue weighted by atomic mass is 32.2. The molecule has 0 saturated carbocycles. The predicted molar refractivity (Wildman–Crippen MR) is 61.8 cm³/mol. The molecule has 1 heterocycles. The van der Waals surface area contributed by atoms with Crippen LogP contribution in [0.1, 0.15) is 26.7 Å². The number of nitrogens with zero attached hydrogens (tertiary/aromatic N) is 1. The summed E-state index contributed by atoms with van der Waals surface area (Å²) >= 11 is 1.78. The van der Waals surface area contributed by atoms with Crippen molar-refractivity contribution in [1.29, 1.82) is 0 Å². The fourth-order valence-electron chi connectivity index (χ4n) is 1.39. The molecule has 0 atom stereocenters. The number of amides is 2. The highest BCUT2D eigenvalue weighted by Gasteiger charge is 2.21. The van der Waals surface area contributed by atoms with E-state index in [1.165, 1.54) is 0 Å². The maximum atomic E-state index is 11.6. The van der Waals surface area contributed by atoms with Gasteiger partial charge in [-0.05, 0) is 32.9 Å². The number of urea groups is 1. The molecule has 0 radical (unpaired) electrons. The molecule has 3 nitrogen and oxygen atoms in total. The number of carbonyl (C=O) groups is 1. The van der Waals surface area contributed by atoms with Crippen LogP contribution in [0.5, 0.6) is 0 Å². The lowest BCUT2D eigenvalue weighted by atomic mass is 10.2. The molecule has 1 saturated heterocycles. The largest absolute Gasteiger partial charge is 0.337 e. The molecule has 0 bridgehead atoms. The van der Waals surface area contributed by atoms with Gasteiger partial charge in [0.2, 0.25) is 0 Å². The van der Waals surface area contributed by atoms with Crippen molar-refractivity contribution in [3.8, 4) is 0 Å². The first-order valence-electron chi connectivity index (χ1n) is 5.13. The van der Waals surface area contributed by atoms with Crippen molar-refractivity contribution in [3.63, 3.8) is 0 Å². The molecule has 1 N–H and O–H groups in total. The van der Waals surface area contributed by atoms with Crippen LogP contribution in [0.4, 0.5) is 4.79 Å². The van der Waals surface area contributed by atoms with Crippen LogP contribution >= 0.6 is 11.8 Å². The molecule has 0 spiro atoms. The van der Waals surface area contributed by atoms with Gasteiger partial charge in [-0.2, -0.15) is 11.8 Å². The average Bonchev–Trinajstić information content (AvgIpc) is 2.67. The lowest BCUT2D eigenvalue weighted by molar-refractivity contribution is 0.208. The molecule has 0 aromatic heterocycles. The summed E-state index contributed by atoms with van der Waals surface area (Å²) in [6, 6.07) is 0.102. The second-order valence-corrected chi connectivity index (χ2v) is 5.83. The summed E-state index contributed by atoms with van der Waals surface area (Å²) in [4.78, 5) is 13.5. The number of hydrogen-bond donors (Lipinski definition) is 1. The Labute approximate surface area is 90.6 Å². The van der Waals surface area contributed by atoms with Crippen molar-refractivity contribution >= 4 is 17.8 Å². The van der Waals surface area contributed by atoms with Gasteiger partial charge in [0.1, 0.15) is 0 Å². The van der Waals surface area contributed by atoms with E-state index in [-0.39, 0.29) is 10.8 Å². The summed E-state index contributed by atoms with van der Waals surface area (Å²) in [5.74, 6) is 0. The van der Waals surface area contributed by atoms with Crippen LogP contribution in [0.3, 0.4) is 0 Å². The van der Waals surface area contributed by atoms with Gasteiger partial charge in [-0.15, -0.1) is 0 Å². The van der Waals surface area contributed by atoms with Crippen molar-refractivity contribution < 1.29 is 4.79 Å². The molecule has 82 valence electrons. The number of nitrogens with one attached hydrogen (secondary N) is 1. The highest BCUT2D eigenvalue weighted by molar-refractivity contribution is 7.99. The van der Waals surface area contributed by atoms with E-state index in [1.807, 2.05) is 4.90 Å². The van der Waals surface area contributed by atoms with Gasteiger partial charge in [-0.1, -0.05) is 0 Å². The zero-order valence-electron chi connectivity index (χ0n) is 9.30. The zero-order chi connectivity index (χ0) is 10.6. The third kappa shape index (κ3) is 3.40. The Hall–Kier alpha value is -0.380. The van der Waals surface area contributed by atoms with Gasteiger partial charge >= 0.3 is 6.03 Å². The second kappa shape index (κ2) is 4.91. The van der Waals surface area contributed by atoms with Crippen LogP contribution < -0.4 is 5.32 Å². The first-order chi connectivity index (χ1) is 6.55. The van der Waals surface area contributed by atoms with E-state index in [4.69, 9.17) is 0 Å².